The number of nitriles is 1. The van der Waals surface area contributed by atoms with E-state index in [9.17, 15) is 10.1 Å². The predicted molar refractivity (Wildman–Crippen MR) is 102 cm³/mol. The van der Waals surface area contributed by atoms with E-state index < -0.39 is 0 Å². The molecule has 0 aliphatic rings. The summed E-state index contributed by atoms with van der Waals surface area (Å²) in [5.41, 5.74) is 0.904. The Kier molecular flexibility index (Phi) is 7.12. The quantitative estimate of drug-likeness (QED) is 0.572. The van der Waals surface area contributed by atoms with Crippen molar-refractivity contribution in [2.45, 2.75) is 23.6 Å². The van der Waals surface area contributed by atoms with Crippen LogP contribution in [-0.2, 0) is 4.79 Å². The van der Waals surface area contributed by atoms with Crippen LogP contribution in [0.15, 0.2) is 76.2 Å². The first-order valence-corrected chi connectivity index (χ1v) is 8.88. The van der Waals surface area contributed by atoms with E-state index in [0.717, 1.165) is 15.5 Å². The van der Waals surface area contributed by atoms with Crippen LogP contribution in [0.5, 0.6) is 0 Å². The molecule has 0 fully saturated rings. The smallest absolute Gasteiger partial charge is 0.263 e. The highest BCUT2D eigenvalue weighted by molar-refractivity contribution is 7.99. The van der Waals surface area contributed by atoms with Gasteiger partial charge in [-0.25, -0.2) is 0 Å². The van der Waals surface area contributed by atoms with Crippen molar-refractivity contribution in [3.63, 3.8) is 0 Å². The second-order valence-electron chi connectivity index (χ2n) is 5.83. The topological polar surface area (TPSA) is 64.9 Å². The van der Waals surface area contributed by atoms with E-state index in [2.05, 4.69) is 10.6 Å². The summed E-state index contributed by atoms with van der Waals surface area (Å²) in [6, 6.07) is 19.8. The van der Waals surface area contributed by atoms with E-state index in [1.165, 1.54) is 6.20 Å². The first-order chi connectivity index (χ1) is 12.1. The van der Waals surface area contributed by atoms with Gasteiger partial charge in [0.2, 0.25) is 0 Å². The van der Waals surface area contributed by atoms with Gasteiger partial charge in [0.1, 0.15) is 11.6 Å². The van der Waals surface area contributed by atoms with Gasteiger partial charge in [-0.2, -0.15) is 5.26 Å². The summed E-state index contributed by atoms with van der Waals surface area (Å²) in [6.07, 6.45) is 1.46. The Hall–Kier alpha value is -2.71. The molecule has 0 unspecified atom stereocenters. The highest BCUT2D eigenvalue weighted by Crippen LogP contribution is 2.33. The van der Waals surface area contributed by atoms with Gasteiger partial charge < -0.3 is 10.6 Å². The lowest BCUT2D eigenvalue weighted by atomic mass is 10.2. The Morgan fingerprint density at radius 1 is 1.16 bits per heavy atom. The van der Waals surface area contributed by atoms with Crippen LogP contribution >= 0.6 is 11.8 Å². The van der Waals surface area contributed by atoms with Gasteiger partial charge >= 0.3 is 0 Å². The van der Waals surface area contributed by atoms with Crippen molar-refractivity contribution in [2.24, 2.45) is 5.92 Å². The number of carbonyl (C=O) groups is 1. The van der Waals surface area contributed by atoms with E-state index >= 15 is 0 Å². The summed E-state index contributed by atoms with van der Waals surface area (Å²) in [5.74, 6) is -0.0308. The number of nitrogens with zero attached hydrogens (tertiary/aromatic N) is 1. The average Bonchev–Trinajstić information content (AvgIpc) is 2.62. The van der Waals surface area contributed by atoms with E-state index in [0.29, 0.717) is 12.5 Å². The van der Waals surface area contributed by atoms with Gasteiger partial charge in [0.15, 0.2) is 0 Å². The van der Waals surface area contributed by atoms with Crippen LogP contribution in [0.3, 0.4) is 0 Å². The maximum atomic E-state index is 12.0. The fourth-order valence-electron chi connectivity index (χ4n) is 1.98. The molecule has 128 valence electrons. The first kappa shape index (κ1) is 18.6. The van der Waals surface area contributed by atoms with Crippen LogP contribution in [0.1, 0.15) is 13.8 Å². The van der Waals surface area contributed by atoms with Crippen LogP contribution in [0.25, 0.3) is 0 Å². The number of amides is 1. The van der Waals surface area contributed by atoms with Gasteiger partial charge in [-0.1, -0.05) is 55.9 Å². The van der Waals surface area contributed by atoms with Crippen molar-refractivity contribution in [3.05, 3.63) is 66.4 Å². The Morgan fingerprint density at radius 3 is 2.52 bits per heavy atom. The number of hydrogen-bond donors (Lipinski definition) is 2. The standard InChI is InChI=1S/C20H21N3OS/c1-15(2)13-23-20(24)16(12-21)14-22-18-10-6-7-11-19(18)25-17-8-4-3-5-9-17/h3-11,14-15,22H,13H2,1-2H3,(H,23,24)/b16-14-. The van der Waals surface area contributed by atoms with Gasteiger partial charge in [0, 0.05) is 22.5 Å². The zero-order valence-electron chi connectivity index (χ0n) is 14.3. The minimum absolute atomic E-state index is 0.0557. The van der Waals surface area contributed by atoms with Gasteiger partial charge in [-0.05, 0) is 30.2 Å². The summed E-state index contributed by atoms with van der Waals surface area (Å²) in [6.45, 7) is 4.55. The molecule has 0 aliphatic heterocycles. The molecule has 0 heterocycles. The average molecular weight is 351 g/mol. The number of nitrogens with one attached hydrogen (secondary N) is 2. The molecule has 0 atom stereocenters. The molecule has 25 heavy (non-hydrogen) atoms. The molecule has 5 heteroatoms. The van der Waals surface area contributed by atoms with E-state index in [4.69, 9.17) is 0 Å². The number of anilines is 1. The Bertz CT molecular complexity index is 779. The number of carbonyl (C=O) groups excluding carboxylic acids is 1. The number of benzene rings is 2. The molecule has 0 aliphatic carbocycles. The van der Waals surface area contributed by atoms with E-state index in [-0.39, 0.29) is 11.5 Å². The maximum absolute atomic E-state index is 12.0. The van der Waals surface area contributed by atoms with Crippen LogP contribution in [0.2, 0.25) is 0 Å². The summed E-state index contributed by atoms with van der Waals surface area (Å²) >= 11 is 1.62. The molecule has 1 amide bonds. The zero-order valence-corrected chi connectivity index (χ0v) is 15.1. The fraction of sp³-hybridized carbons (Fsp3) is 0.200. The van der Waals surface area contributed by atoms with Crippen molar-refractivity contribution in [1.29, 1.82) is 5.26 Å². The van der Waals surface area contributed by atoms with Crippen molar-refractivity contribution in [2.75, 3.05) is 11.9 Å². The molecule has 0 bridgehead atoms. The highest BCUT2D eigenvalue weighted by atomic mass is 32.2. The third-order valence-corrected chi connectivity index (χ3v) is 4.35. The maximum Gasteiger partial charge on any atom is 0.263 e. The molecule has 2 aromatic carbocycles. The fourth-order valence-corrected chi connectivity index (χ4v) is 2.91. The zero-order chi connectivity index (χ0) is 18.1. The van der Waals surface area contributed by atoms with Crippen LogP contribution in [-0.4, -0.2) is 12.5 Å². The molecule has 0 saturated carbocycles. The number of para-hydroxylation sites is 1. The third-order valence-electron chi connectivity index (χ3n) is 3.27. The molecule has 0 saturated heterocycles. The molecule has 0 spiro atoms. The Balaban J connectivity index is 2.11. The van der Waals surface area contributed by atoms with Crippen molar-refractivity contribution in [3.8, 4) is 6.07 Å². The second-order valence-corrected chi connectivity index (χ2v) is 6.94. The predicted octanol–water partition coefficient (Wildman–Crippen LogP) is 4.43. The third kappa shape index (κ3) is 6.02. The molecule has 4 nitrogen and oxygen atoms in total. The Morgan fingerprint density at radius 2 is 1.84 bits per heavy atom. The van der Waals surface area contributed by atoms with Crippen molar-refractivity contribution >= 4 is 23.4 Å². The van der Waals surface area contributed by atoms with Crippen molar-refractivity contribution in [1.82, 2.24) is 5.32 Å². The summed E-state index contributed by atoms with van der Waals surface area (Å²) in [4.78, 5) is 14.2. The monoisotopic (exact) mass is 351 g/mol. The largest absolute Gasteiger partial charge is 0.359 e. The first-order valence-electron chi connectivity index (χ1n) is 8.07. The van der Waals surface area contributed by atoms with Gasteiger partial charge in [-0.3, -0.25) is 4.79 Å². The summed E-state index contributed by atoms with van der Waals surface area (Å²) in [5, 5.41) is 15.1. The Labute approximate surface area is 152 Å². The van der Waals surface area contributed by atoms with Gasteiger partial charge in [-0.15, -0.1) is 0 Å². The molecule has 2 N–H and O–H groups in total. The summed E-state index contributed by atoms with van der Waals surface area (Å²) < 4.78 is 0. The summed E-state index contributed by atoms with van der Waals surface area (Å²) in [7, 11) is 0. The minimum Gasteiger partial charge on any atom is -0.359 e. The van der Waals surface area contributed by atoms with E-state index in [1.807, 2.05) is 74.5 Å². The number of hydrogen-bond acceptors (Lipinski definition) is 4. The van der Waals surface area contributed by atoms with Crippen LogP contribution in [0, 0.1) is 17.2 Å². The SMILES string of the molecule is CC(C)CNC(=O)/C(C#N)=C\Nc1ccccc1Sc1ccccc1. The second kappa shape index (κ2) is 9.55. The molecular weight excluding hydrogens is 330 g/mol. The lowest BCUT2D eigenvalue weighted by Gasteiger charge is -2.10. The van der Waals surface area contributed by atoms with Gasteiger partial charge in [0.05, 0.1) is 5.69 Å². The minimum atomic E-state index is -0.364. The lowest BCUT2D eigenvalue weighted by Crippen LogP contribution is -2.28. The number of rotatable bonds is 7. The molecule has 2 rings (SSSR count). The molecule has 0 aromatic heterocycles. The molecule has 2 aromatic rings. The van der Waals surface area contributed by atoms with Crippen LogP contribution < -0.4 is 10.6 Å². The van der Waals surface area contributed by atoms with Crippen LogP contribution in [0.4, 0.5) is 5.69 Å². The molecule has 0 radical (unpaired) electrons. The van der Waals surface area contributed by atoms with Gasteiger partial charge in [0.25, 0.3) is 5.91 Å². The highest BCUT2D eigenvalue weighted by Gasteiger charge is 2.09. The lowest BCUT2D eigenvalue weighted by molar-refractivity contribution is -0.117. The normalized spacial score (nSPS) is 11.0. The van der Waals surface area contributed by atoms with E-state index in [1.54, 1.807) is 11.8 Å². The molecular formula is C20H21N3OS. The van der Waals surface area contributed by atoms with Crippen molar-refractivity contribution < 1.29 is 4.79 Å².